The minimum atomic E-state index is 0.568. The highest BCUT2D eigenvalue weighted by Gasteiger charge is 2.03. The zero-order valence-corrected chi connectivity index (χ0v) is 12.6. The van der Waals surface area contributed by atoms with Crippen molar-refractivity contribution in [1.29, 1.82) is 0 Å². The van der Waals surface area contributed by atoms with Crippen LogP contribution in [-0.4, -0.2) is 39.8 Å². The first kappa shape index (κ1) is 15.1. The summed E-state index contributed by atoms with van der Waals surface area (Å²) in [7, 11) is 1.93. The van der Waals surface area contributed by atoms with Gasteiger partial charge in [0, 0.05) is 38.1 Å². The fraction of sp³-hybridized carbons (Fsp3) is 0.200. The number of likely N-dealkylation sites (N-methyl/N-ethyl adjacent to an activating group) is 1. The van der Waals surface area contributed by atoms with Gasteiger partial charge in [0.1, 0.15) is 0 Å². The van der Waals surface area contributed by atoms with Crippen LogP contribution in [0.4, 0.5) is 0 Å². The lowest BCUT2D eigenvalue weighted by Crippen LogP contribution is -2.35. The van der Waals surface area contributed by atoms with Gasteiger partial charge in [-0.3, -0.25) is 15.4 Å². The van der Waals surface area contributed by atoms with Gasteiger partial charge < -0.3 is 4.90 Å². The average molecular weight is 299 g/mol. The van der Waals surface area contributed by atoms with Crippen LogP contribution < -0.4 is 5.43 Å². The van der Waals surface area contributed by atoms with E-state index >= 15 is 0 Å². The molecule has 0 saturated carbocycles. The van der Waals surface area contributed by atoms with Crippen LogP contribution in [-0.2, 0) is 6.42 Å². The number of aromatic nitrogens is 2. The standard InChI is InChI=1S/C15H17N5S/c1-20(11-8-13-6-2-4-9-16-13)15(21)19-18-12-14-7-3-5-10-17-14/h2-7,9-10,12H,8,11H2,1H3,(H,19,21)/b18-12-. The maximum absolute atomic E-state index is 5.27. The molecule has 0 fully saturated rings. The Kier molecular flexibility index (Phi) is 5.78. The van der Waals surface area contributed by atoms with Gasteiger partial charge in [0.05, 0.1) is 11.9 Å². The monoisotopic (exact) mass is 299 g/mol. The summed E-state index contributed by atoms with van der Waals surface area (Å²) < 4.78 is 0. The molecule has 0 aliphatic rings. The molecule has 0 amide bonds. The van der Waals surface area contributed by atoms with E-state index < -0.39 is 0 Å². The van der Waals surface area contributed by atoms with Gasteiger partial charge in [-0.15, -0.1) is 0 Å². The number of nitrogens with zero attached hydrogens (tertiary/aromatic N) is 4. The number of hydrazone groups is 1. The average Bonchev–Trinajstić information content (AvgIpc) is 2.54. The first-order chi connectivity index (χ1) is 10.3. The lowest BCUT2D eigenvalue weighted by molar-refractivity contribution is 0.496. The van der Waals surface area contributed by atoms with E-state index in [0.717, 1.165) is 24.4 Å². The molecule has 0 bridgehead atoms. The highest BCUT2D eigenvalue weighted by Crippen LogP contribution is 1.97. The van der Waals surface area contributed by atoms with Crippen molar-refractivity contribution < 1.29 is 0 Å². The van der Waals surface area contributed by atoms with E-state index in [9.17, 15) is 0 Å². The second-order valence-corrected chi connectivity index (χ2v) is 4.81. The van der Waals surface area contributed by atoms with Crippen LogP contribution in [0.3, 0.4) is 0 Å². The molecule has 108 valence electrons. The molecule has 0 aliphatic carbocycles. The summed E-state index contributed by atoms with van der Waals surface area (Å²) in [6, 6.07) is 11.5. The Morgan fingerprint density at radius 1 is 1.24 bits per heavy atom. The zero-order chi connectivity index (χ0) is 14.9. The van der Waals surface area contributed by atoms with Crippen molar-refractivity contribution in [1.82, 2.24) is 20.3 Å². The first-order valence-electron chi connectivity index (χ1n) is 6.61. The van der Waals surface area contributed by atoms with E-state index in [1.165, 1.54) is 0 Å². The van der Waals surface area contributed by atoms with Gasteiger partial charge in [-0.1, -0.05) is 12.1 Å². The fourth-order valence-corrected chi connectivity index (χ4v) is 1.77. The van der Waals surface area contributed by atoms with E-state index in [1.54, 1.807) is 18.6 Å². The number of hydrogen-bond acceptors (Lipinski definition) is 4. The van der Waals surface area contributed by atoms with Crippen LogP contribution in [0.2, 0.25) is 0 Å². The molecule has 0 radical (unpaired) electrons. The lowest BCUT2D eigenvalue weighted by Gasteiger charge is -2.18. The number of thiocarbonyl (C=S) groups is 1. The van der Waals surface area contributed by atoms with E-state index in [-0.39, 0.29) is 0 Å². The molecule has 2 rings (SSSR count). The highest BCUT2D eigenvalue weighted by atomic mass is 32.1. The van der Waals surface area contributed by atoms with E-state index in [1.807, 2.05) is 48.3 Å². The summed E-state index contributed by atoms with van der Waals surface area (Å²) in [5.41, 5.74) is 4.66. The molecule has 0 aliphatic heterocycles. The van der Waals surface area contributed by atoms with Gasteiger partial charge in [-0.25, -0.2) is 0 Å². The second-order valence-electron chi connectivity index (χ2n) is 4.42. The summed E-state index contributed by atoms with van der Waals surface area (Å²) in [4.78, 5) is 10.4. The predicted octanol–water partition coefficient (Wildman–Crippen LogP) is 1.86. The minimum absolute atomic E-state index is 0.568. The maximum atomic E-state index is 5.27. The first-order valence-corrected chi connectivity index (χ1v) is 7.01. The minimum Gasteiger partial charge on any atom is -0.351 e. The van der Waals surface area contributed by atoms with E-state index in [0.29, 0.717) is 5.11 Å². The molecule has 2 aromatic rings. The molecular formula is C15H17N5S. The Morgan fingerprint density at radius 2 is 2.00 bits per heavy atom. The molecule has 6 heteroatoms. The Hall–Kier alpha value is -2.34. The molecule has 0 saturated heterocycles. The van der Waals surface area contributed by atoms with Crippen LogP contribution >= 0.6 is 12.2 Å². The Labute approximate surface area is 129 Å². The SMILES string of the molecule is CN(CCc1ccccn1)C(=S)N/N=C\c1ccccn1. The summed E-state index contributed by atoms with van der Waals surface area (Å²) in [6.45, 7) is 0.780. The molecule has 0 aromatic carbocycles. The number of nitrogens with one attached hydrogen (secondary N) is 1. The van der Waals surface area contributed by atoms with Crippen molar-refractivity contribution in [3.63, 3.8) is 0 Å². The molecule has 0 unspecified atom stereocenters. The number of rotatable bonds is 5. The second kappa shape index (κ2) is 8.06. The van der Waals surface area contributed by atoms with Gasteiger partial charge in [0.25, 0.3) is 0 Å². The molecule has 21 heavy (non-hydrogen) atoms. The summed E-state index contributed by atoms with van der Waals surface area (Å²) >= 11 is 5.27. The number of hydrogen-bond donors (Lipinski definition) is 1. The molecule has 0 spiro atoms. The van der Waals surface area contributed by atoms with Gasteiger partial charge >= 0.3 is 0 Å². The van der Waals surface area contributed by atoms with Gasteiger partial charge in [0.15, 0.2) is 5.11 Å². The predicted molar refractivity (Wildman–Crippen MR) is 88.1 cm³/mol. The van der Waals surface area contributed by atoms with Crippen molar-refractivity contribution in [2.75, 3.05) is 13.6 Å². The van der Waals surface area contributed by atoms with Crippen LogP contribution in [0.15, 0.2) is 53.9 Å². The molecule has 2 aromatic heterocycles. The quantitative estimate of drug-likeness (QED) is 0.519. The molecular weight excluding hydrogens is 282 g/mol. The molecule has 0 atom stereocenters. The highest BCUT2D eigenvalue weighted by molar-refractivity contribution is 7.80. The lowest BCUT2D eigenvalue weighted by atomic mass is 10.2. The van der Waals surface area contributed by atoms with Crippen molar-refractivity contribution >= 4 is 23.5 Å². The van der Waals surface area contributed by atoms with Crippen molar-refractivity contribution in [3.8, 4) is 0 Å². The molecule has 1 N–H and O–H groups in total. The summed E-state index contributed by atoms with van der Waals surface area (Å²) in [6.07, 6.45) is 5.99. The van der Waals surface area contributed by atoms with Crippen molar-refractivity contribution in [2.45, 2.75) is 6.42 Å². The van der Waals surface area contributed by atoms with E-state index in [2.05, 4.69) is 20.5 Å². The smallest absolute Gasteiger partial charge is 0.189 e. The maximum Gasteiger partial charge on any atom is 0.189 e. The van der Waals surface area contributed by atoms with Crippen LogP contribution in [0, 0.1) is 0 Å². The summed E-state index contributed by atoms with van der Waals surface area (Å²) in [5, 5.41) is 4.65. The third-order valence-electron chi connectivity index (χ3n) is 2.82. The van der Waals surface area contributed by atoms with E-state index in [4.69, 9.17) is 12.2 Å². The van der Waals surface area contributed by atoms with Crippen LogP contribution in [0.1, 0.15) is 11.4 Å². The number of pyridine rings is 2. The van der Waals surface area contributed by atoms with Gasteiger partial charge in [0.2, 0.25) is 0 Å². The fourth-order valence-electron chi connectivity index (χ4n) is 1.62. The molecule has 2 heterocycles. The third-order valence-corrected chi connectivity index (χ3v) is 3.22. The zero-order valence-electron chi connectivity index (χ0n) is 11.8. The van der Waals surface area contributed by atoms with Crippen molar-refractivity contribution in [2.24, 2.45) is 5.10 Å². The molecule has 5 nitrogen and oxygen atoms in total. The third kappa shape index (κ3) is 5.27. The van der Waals surface area contributed by atoms with Gasteiger partial charge in [-0.05, 0) is 36.5 Å². The Morgan fingerprint density at radius 3 is 2.67 bits per heavy atom. The van der Waals surface area contributed by atoms with Gasteiger partial charge in [-0.2, -0.15) is 5.10 Å². The van der Waals surface area contributed by atoms with Crippen LogP contribution in [0.5, 0.6) is 0 Å². The largest absolute Gasteiger partial charge is 0.351 e. The van der Waals surface area contributed by atoms with Crippen LogP contribution in [0.25, 0.3) is 0 Å². The normalized spacial score (nSPS) is 10.5. The topological polar surface area (TPSA) is 53.4 Å². The Balaban J connectivity index is 1.76. The van der Waals surface area contributed by atoms with Crippen molar-refractivity contribution in [3.05, 3.63) is 60.2 Å². The summed E-state index contributed by atoms with van der Waals surface area (Å²) in [5.74, 6) is 0. The Bertz CT molecular complexity index is 586.